The van der Waals surface area contributed by atoms with Crippen molar-refractivity contribution in [2.45, 2.75) is 13.0 Å². The summed E-state index contributed by atoms with van der Waals surface area (Å²) in [7, 11) is 0. The predicted molar refractivity (Wildman–Crippen MR) is 70.7 cm³/mol. The van der Waals surface area contributed by atoms with E-state index in [-0.39, 0.29) is 11.4 Å². The molecule has 110 valence electrons. The van der Waals surface area contributed by atoms with Gasteiger partial charge in [-0.2, -0.15) is 0 Å². The smallest absolute Gasteiger partial charge is 0.355 e. The number of benzene rings is 1. The Morgan fingerprint density at radius 3 is 2.67 bits per heavy atom. The molecule has 0 radical (unpaired) electrons. The molecule has 0 saturated carbocycles. The van der Waals surface area contributed by atoms with Crippen molar-refractivity contribution in [2.24, 2.45) is 0 Å². The Hall–Kier alpha value is -2.70. The molecule has 0 spiro atoms. The summed E-state index contributed by atoms with van der Waals surface area (Å²) in [5.74, 6) is -3.09. The van der Waals surface area contributed by atoms with Gasteiger partial charge in [0.2, 0.25) is 0 Å². The summed E-state index contributed by atoms with van der Waals surface area (Å²) in [5.41, 5.74) is 0.00628. The summed E-state index contributed by atoms with van der Waals surface area (Å²) in [5, 5.41) is 2.22. The third-order valence-corrected chi connectivity index (χ3v) is 2.66. The van der Waals surface area contributed by atoms with Crippen LogP contribution in [0.25, 0.3) is 0 Å². The fraction of sp³-hybridized carbons (Fsp3) is 0.143. The van der Waals surface area contributed by atoms with Crippen LogP contribution in [0.15, 0.2) is 36.5 Å². The van der Waals surface area contributed by atoms with Crippen molar-refractivity contribution >= 4 is 17.6 Å². The number of carbonyl (C=O) groups excluding carboxylic acids is 2. The third kappa shape index (κ3) is 3.65. The number of esters is 1. The van der Waals surface area contributed by atoms with E-state index in [1.165, 1.54) is 19.2 Å². The van der Waals surface area contributed by atoms with Crippen molar-refractivity contribution in [3.05, 3.63) is 53.9 Å². The van der Waals surface area contributed by atoms with Crippen molar-refractivity contribution in [2.75, 3.05) is 5.32 Å². The standard InChI is InChI=1S/C14H12F2N2O3/c1-8(21-14(20)12-3-2-6-17-12)13(19)18-11-5-4-9(15)7-10(11)16/h2-8,17H,1H3,(H,18,19)/t8-/m0/s1. The number of amides is 1. The van der Waals surface area contributed by atoms with Crippen molar-refractivity contribution in [1.29, 1.82) is 0 Å². The quantitative estimate of drug-likeness (QED) is 0.851. The van der Waals surface area contributed by atoms with E-state index in [4.69, 9.17) is 4.74 Å². The van der Waals surface area contributed by atoms with Crippen molar-refractivity contribution in [3.8, 4) is 0 Å². The van der Waals surface area contributed by atoms with E-state index in [9.17, 15) is 18.4 Å². The van der Waals surface area contributed by atoms with Gasteiger partial charge in [0.05, 0.1) is 5.69 Å². The monoisotopic (exact) mass is 294 g/mol. The number of aromatic nitrogens is 1. The van der Waals surface area contributed by atoms with E-state index in [2.05, 4.69) is 10.3 Å². The molecule has 0 saturated heterocycles. The fourth-order valence-electron chi connectivity index (χ4n) is 1.56. The van der Waals surface area contributed by atoms with Gasteiger partial charge < -0.3 is 15.0 Å². The molecule has 0 fully saturated rings. The molecule has 0 unspecified atom stereocenters. The Labute approximate surface area is 118 Å². The van der Waals surface area contributed by atoms with Crippen LogP contribution in [0, 0.1) is 11.6 Å². The van der Waals surface area contributed by atoms with Crippen LogP contribution in [-0.2, 0) is 9.53 Å². The number of halogens is 2. The van der Waals surface area contributed by atoms with E-state index in [1.54, 1.807) is 6.07 Å². The molecule has 1 atom stereocenters. The molecule has 0 bridgehead atoms. The van der Waals surface area contributed by atoms with Crippen LogP contribution in [0.2, 0.25) is 0 Å². The SMILES string of the molecule is C[C@H](OC(=O)c1ccc[nH]1)C(=O)Nc1ccc(F)cc1F. The van der Waals surface area contributed by atoms with E-state index < -0.39 is 29.6 Å². The van der Waals surface area contributed by atoms with E-state index in [0.717, 1.165) is 12.1 Å². The number of nitrogens with one attached hydrogen (secondary N) is 2. The topological polar surface area (TPSA) is 71.2 Å². The van der Waals surface area contributed by atoms with Gasteiger partial charge in [0.25, 0.3) is 5.91 Å². The molecule has 1 aromatic carbocycles. The predicted octanol–water partition coefficient (Wildman–Crippen LogP) is 2.48. The van der Waals surface area contributed by atoms with Gasteiger partial charge >= 0.3 is 5.97 Å². The van der Waals surface area contributed by atoms with Crippen LogP contribution < -0.4 is 5.32 Å². The highest BCUT2D eigenvalue weighted by molar-refractivity contribution is 5.96. The minimum Gasteiger partial charge on any atom is -0.448 e. The highest BCUT2D eigenvalue weighted by Gasteiger charge is 2.20. The maximum absolute atomic E-state index is 13.4. The van der Waals surface area contributed by atoms with Gasteiger partial charge in [0.1, 0.15) is 17.3 Å². The van der Waals surface area contributed by atoms with Crippen molar-refractivity contribution in [1.82, 2.24) is 4.98 Å². The highest BCUT2D eigenvalue weighted by atomic mass is 19.1. The summed E-state index contributed by atoms with van der Waals surface area (Å²) in [6.07, 6.45) is 0.403. The zero-order valence-electron chi connectivity index (χ0n) is 11.0. The normalized spacial score (nSPS) is 11.8. The lowest BCUT2D eigenvalue weighted by Crippen LogP contribution is -2.30. The average Bonchev–Trinajstić information content (AvgIpc) is 2.95. The molecular formula is C14H12F2N2O3. The lowest BCUT2D eigenvalue weighted by atomic mass is 10.2. The largest absolute Gasteiger partial charge is 0.448 e. The number of H-pyrrole nitrogens is 1. The molecule has 0 aliphatic heterocycles. The summed E-state index contributed by atoms with van der Waals surface area (Å²) in [6, 6.07) is 5.84. The Morgan fingerprint density at radius 2 is 2.05 bits per heavy atom. The minimum absolute atomic E-state index is 0.191. The number of rotatable bonds is 4. The van der Waals surface area contributed by atoms with Crippen molar-refractivity contribution < 1.29 is 23.1 Å². The van der Waals surface area contributed by atoms with Crippen LogP contribution in [-0.4, -0.2) is 23.0 Å². The zero-order chi connectivity index (χ0) is 15.4. The second kappa shape index (κ2) is 6.17. The lowest BCUT2D eigenvalue weighted by molar-refractivity contribution is -0.123. The molecule has 2 aromatic rings. The maximum Gasteiger partial charge on any atom is 0.355 e. The maximum atomic E-state index is 13.4. The molecule has 0 aliphatic rings. The minimum atomic E-state index is -1.13. The molecule has 0 aliphatic carbocycles. The van der Waals surface area contributed by atoms with E-state index >= 15 is 0 Å². The molecule has 1 amide bonds. The molecule has 2 N–H and O–H groups in total. The molecule has 1 heterocycles. The van der Waals surface area contributed by atoms with Crippen LogP contribution in [0.4, 0.5) is 14.5 Å². The summed E-state index contributed by atoms with van der Waals surface area (Å²) in [6.45, 7) is 1.34. The van der Waals surface area contributed by atoms with Gasteiger partial charge in [-0.1, -0.05) is 0 Å². The second-order valence-electron chi connectivity index (χ2n) is 4.24. The molecule has 2 rings (SSSR count). The number of aromatic amines is 1. The van der Waals surface area contributed by atoms with E-state index in [0.29, 0.717) is 6.07 Å². The van der Waals surface area contributed by atoms with Crippen LogP contribution in [0.1, 0.15) is 17.4 Å². The van der Waals surface area contributed by atoms with Crippen LogP contribution >= 0.6 is 0 Å². The Morgan fingerprint density at radius 1 is 1.29 bits per heavy atom. The summed E-state index contributed by atoms with van der Waals surface area (Å²) < 4.78 is 31.1. The van der Waals surface area contributed by atoms with Crippen LogP contribution in [0.3, 0.4) is 0 Å². The Balaban J connectivity index is 1.98. The second-order valence-corrected chi connectivity index (χ2v) is 4.24. The van der Waals surface area contributed by atoms with Gasteiger partial charge in [0.15, 0.2) is 6.10 Å². The number of carbonyl (C=O) groups is 2. The van der Waals surface area contributed by atoms with Gasteiger partial charge in [0, 0.05) is 12.3 Å². The van der Waals surface area contributed by atoms with E-state index in [1.807, 2.05) is 0 Å². The number of anilines is 1. The zero-order valence-corrected chi connectivity index (χ0v) is 11.0. The summed E-state index contributed by atoms with van der Waals surface area (Å²) in [4.78, 5) is 26.1. The molecule has 1 aromatic heterocycles. The number of ether oxygens (including phenoxy) is 1. The Kier molecular flexibility index (Phi) is 4.32. The van der Waals surface area contributed by atoms with Gasteiger partial charge in [-0.3, -0.25) is 4.79 Å². The number of hydrogen-bond donors (Lipinski definition) is 2. The third-order valence-electron chi connectivity index (χ3n) is 2.66. The first kappa shape index (κ1) is 14.7. The first-order chi connectivity index (χ1) is 9.97. The first-order valence-electron chi connectivity index (χ1n) is 6.07. The average molecular weight is 294 g/mol. The van der Waals surface area contributed by atoms with Crippen molar-refractivity contribution in [3.63, 3.8) is 0 Å². The van der Waals surface area contributed by atoms with Gasteiger partial charge in [-0.25, -0.2) is 13.6 Å². The summed E-state index contributed by atoms with van der Waals surface area (Å²) >= 11 is 0. The van der Waals surface area contributed by atoms with Crippen LogP contribution in [0.5, 0.6) is 0 Å². The molecule has 7 heteroatoms. The molecular weight excluding hydrogens is 282 g/mol. The molecule has 5 nitrogen and oxygen atoms in total. The Bertz CT molecular complexity index is 656. The molecule has 21 heavy (non-hydrogen) atoms. The van der Waals surface area contributed by atoms with Gasteiger partial charge in [-0.05, 0) is 31.2 Å². The number of hydrogen-bond acceptors (Lipinski definition) is 3. The lowest BCUT2D eigenvalue weighted by Gasteiger charge is -2.13. The highest BCUT2D eigenvalue weighted by Crippen LogP contribution is 2.15. The first-order valence-corrected chi connectivity index (χ1v) is 6.07. The fourth-order valence-corrected chi connectivity index (χ4v) is 1.56. The van der Waals surface area contributed by atoms with Gasteiger partial charge in [-0.15, -0.1) is 0 Å².